The molecule has 0 unspecified atom stereocenters. The van der Waals surface area contributed by atoms with Gasteiger partial charge in [0, 0.05) is 17.5 Å². The molecule has 2 heterocycles. The van der Waals surface area contributed by atoms with Gasteiger partial charge in [-0.1, -0.05) is 24.3 Å². The molecule has 0 saturated carbocycles. The largest absolute Gasteiger partial charge is 0.497 e. The van der Waals surface area contributed by atoms with Crippen molar-refractivity contribution in [2.24, 2.45) is 5.10 Å². The van der Waals surface area contributed by atoms with Crippen LogP contribution in [0.3, 0.4) is 0 Å². The highest BCUT2D eigenvalue weighted by atomic mass is 16.5. The van der Waals surface area contributed by atoms with E-state index in [9.17, 15) is 0 Å². The molecule has 2 aliphatic rings. The Morgan fingerprint density at radius 2 is 1.65 bits per heavy atom. The maximum Gasteiger partial charge on any atom is 0.214 e. The van der Waals surface area contributed by atoms with Gasteiger partial charge in [-0.3, -0.25) is 0 Å². The minimum absolute atomic E-state index is 0.0483. The highest BCUT2D eigenvalue weighted by molar-refractivity contribution is 6.02. The molecule has 6 nitrogen and oxygen atoms in total. The van der Waals surface area contributed by atoms with Crippen molar-refractivity contribution in [3.63, 3.8) is 0 Å². The maximum absolute atomic E-state index is 6.49. The van der Waals surface area contributed by atoms with Gasteiger partial charge in [0.1, 0.15) is 11.5 Å². The lowest BCUT2D eigenvalue weighted by atomic mass is 9.95. The van der Waals surface area contributed by atoms with Crippen LogP contribution in [-0.4, -0.2) is 32.0 Å². The van der Waals surface area contributed by atoms with E-state index in [2.05, 4.69) is 11.1 Å². The van der Waals surface area contributed by atoms with Gasteiger partial charge in [-0.05, 0) is 48.0 Å². The number of fused-ring (bicyclic) bond motifs is 3. The van der Waals surface area contributed by atoms with Crippen LogP contribution in [0, 0.1) is 0 Å². The average molecular weight is 416 g/mol. The van der Waals surface area contributed by atoms with Crippen LogP contribution in [0.5, 0.6) is 23.0 Å². The van der Waals surface area contributed by atoms with Crippen molar-refractivity contribution in [3.8, 4) is 23.0 Å². The molecule has 0 amide bonds. The van der Waals surface area contributed by atoms with E-state index in [1.165, 1.54) is 0 Å². The first kappa shape index (κ1) is 19.3. The van der Waals surface area contributed by atoms with Gasteiger partial charge < -0.3 is 18.9 Å². The summed E-state index contributed by atoms with van der Waals surface area (Å²) in [6.45, 7) is 0. The number of benzene rings is 3. The second-order valence-corrected chi connectivity index (χ2v) is 7.50. The van der Waals surface area contributed by atoms with Crippen LogP contribution < -0.4 is 18.9 Å². The van der Waals surface area contributed by atoms with Crippen LogP contribution in [0.15, 0.2) is 71.8 Å². The van der Waals surface area contributed by atoms with E-state index in [1.54, 1.807) is 21.3 Å². The van der Waals surface area contributed by atoms with Crippen molar-refractivity contribution in [1.29, 1.82) is 0 Å². The zero-order chi connectivity index (χ0) is 21.4. The Morgan fingerprint density at radius 1 is 0.871 bits per heavy atom. The SMILES string of the molecule is COc1ccc(C2=NN3[C@@H](C2)c2cccc(OC)c2O[C@H]3c2cccc(OC)c2)cc1. The number of hydrogen-bond acceptors (Lipinski definition) is 6. The average Bonchev–Trinajstić information content (AvgIpc) is 3.29. The topological polar surface area (TPSA) is 52.5 Å². The third kappa shape index (κ3) is 3.34. The summed E-state index contributed by atoms with van der Waals surface area (Å²) in [7, 11) is 5.00. The number of methoxy groups -OCH3 is 3. The number of nitrogens with zero attached hydrogens (tertiary/aromatic N) is 2. The van der Waals surface area contributed by atoms with E-state index in [1.807, 2.05) is 60.7 Å². The molecule has 0 fully saturated rings. The summed E-state index contributed by atoms with van der Waals surface area (Å²) in [6, 6.07) is 22.0. The molecule has 0 N–H and O–H groups in total. The van der Waals surface area contributed by atoms with Crippen LogP contribution >= 0.6 is 0 Å². The summed E-state index contributed by atoms with van der Waals surface area (Å²) < 4.78 is 22.8. The summed E-state index contributed by atoms with van der Waals surface area (Å²) in [5.74, 6) is 3.10. The van der Waals surface area contributed by atoms with Gasteiger partial charge in [-0.25, -0.2) is 5.01 Å². The number of hydrazone groups is 1. The van der Waals surface area contributed by atoms with Crippen LogP contribution in [0.2, 0.25) is 0 Å². The molecule has 0 bridgehead atoms. The summed E-state index contributed by atoms with van der Waals surface area (Å²) in [5, 5.41) is 7.06. The molecule has 6 heteroatoms. The van der Waals surface area contributed by atoms with E-state index >= 15 is 0 Å². The smallest absolute Gasteiger partial charge is 0.214 e. The highest BCUT2D eigenvalue weighted by Crippen LogP contribution is 2.50. The Hall–Kier alpha value is -3.67. The lowest BCUT2D eigenvalue weighted by Crippen LogP contribution is -2.33. The van der Waals surface area contributed by atoms with Crippen molar-refractivity contribution in [2.75, 3.05) is 21.3 Å². The van der Waals surface area contributed by atoms with Crippen LogP contribution in [0.25, 0.3) is 0 Å². The normalized spacial score (nSPS) is 19.1. The van der Waals surface area contributed by atoms with Crippen LogP contribution in [-0.2, 0) is 0 Å². The Kier molecular flexibility index (Phi) is 4.90. The lowest BCUT2D eigenvalue weighted by Gasteiger charge is -2.38. The van der Waals surface area contributed by atoms with Gasteiger partial charge in [-0.2, -0.15) is 5.10 Å². The molecule has 0 spiro atoms. The third-order valence-electron chi connectivity index (χ3n) is 5.80. The first-order valence-corrected chi connectivity index (χ1v) is 10.2. The Balaban J connectivity index is 1.59. The molecule has 0 aliphatic carbocycles. The molecule has 3 aromatic carbocycles. The highest BCUT2D eigenvalue weighted by Gasteiger charge is 2.42. The van der Waals surface area contributed by atoms with Crippen molar-refractivity contribution < 1.29 is 18.9 Å². The number of ether oxygens (including phenoxy) is 4. The van der Waals surface area contributed by atoms with Crippen molar-refractivity contribution in [1.82, 2.24) is 5.01 Å². The quantitative estimate of drug-likeness (QED) is 0.589. The first-order valence-electron chi connectivity index (χ1n) is 10.2. The minimum Gasteiger partial charge on any atom is -0.497 e. The second kappa shape index (κ2) is 7.87. The molecule has 0 saturated heterocycles. The van der Waals surface area contributed by atoms with Gasteiger partial charge in [0.15, 0.2) is 11.5 Å². The summed E-state index contributed by atoms with van der Waals surface area (Å²) in [6.07, 6.45) is 0.385. The van der Waals surface area contributed by atoms with Gasteiger partial charge in [-0.15, -0.1) is 0 Å². The van der Waals surface area contributed by atoms with Crippen molar-refractivity contribution in [2.45, 2.75) is 18.7 Å². The summed E-state index contributed by atoms with van der Waals surface area (Å²) in [4.78, 5) is 0. The standard InChI is InChI=1S/C25H24N2O4/c1-28-18-12-10-16(11-13-18)21-15-22-20-8-5-9-23(30-3)24(20)31-25(27(22)26-21)17-6-4-7-19(14-17)29-2/h4-14,22,25H,15H2,1-3H3/t22-,25-/m0/s1. The van der Waals surface area contributed by atoms with E-state index < -0.39 is 0 Å². The van der Waals surface area contributed by atoms with Crippen LogP contribution in [0.4, 0.5) is 0 Å². The zero-order valence-electron chi connectivity index (χ0n) is 17.7. The predicted molar refractivity (Wildman–Crippen MR) is 118 cm³/mol. The third-order valence-corrected chi connectivity index (χ3v) is 5.80. The molecule has 2 atom stereocenters. The molecule has 158 valence electrons. The molecule has 3 aromatic rings. The van der Waals surface area contributed by atoms with Gasteiger partial charge in [0.2, 0.25) is 6.23 Å². The van der Waals surface area contributed by atoms with E-state index in [0.29, 0.717) is 0 Å². The molecular formula is C25H24N2O4. The van der Waals surface area contributed by atoms with E-state index in [0.717, 1.165) is 51.8 Å². The first-order chi connectivity index (χ1) is 15.2. The minimum atomic E-state index is -0.389. The maximum atomic E-state index is 6.49. The van der Waals surface area contributed by atoms with E-state index in [4.69, 9.17) is 24.0 Å². The van der Waals surface area contributed by atoms with Crippen molar-refractivity contribution >= 4 is 5.71 Å². The van der Waals surface area contributed by atoms with Gasteiger partial charge >= 0.3 is 0 Å². The lowest BCUT2D eigenvalue weighted by molar-refractivity contribution is -0.0210. The van der Waals surface area contributed by atoms with Crippen LogP contribution in [0.1, 0.15) is 35.4 Å². The molecular weight excluding hydrogens is 392 g/mol. The van der Waals surface area contributed by atoms with Gasteiger partial charge in [0.25, 0.3) is 0 Å². The van der Waals surface area contributed by atoms with Gasteiger partial charge in [0.05, 0.1) is 33.1 Å². The summed E-state index contributed by atoms with van der Waals surface area (Å²) >= 11 is 0. The van der Waals surface area contributed by atoms with E-state index in [-0.39, 0.29) is 12.3 Å². The Morgan fingerprint density at radius 3 is 2.39 bits per heavy atom. The Bertz CT molecular complexity index is 1130. The van der Waals surface area contributed by atoms with Crippen molar-refractivity contribution in [3.05, 3.63) is 83.4 Å². The zero-order valence-corrected chi connectivity index (χ0v) is 17.7. The fraction of sp³-hybridized carbons (Fsp3) is 0.240. The molecule has 2 aliphatic heterocycles. The summed E-state index contributed by atoms with van der Waals surface area (Å²) in [5.41, 5.74) is 4.13. The molecule has 31 heavy (non-hydrogen) atoms. The fourth-order valence-electron chi connectivity index (χ4n) is 4.22. The predicted octanol–water partition coefficient (Wildman–Crippen LogP) is 4.95. The number of hydrogen-bond donors (Lipinski definition) is 0. The molecule has 5 rings (SSSR count). The fourth-order valence-corrected chi connectivity index (χ4v) is 4.22. The second-order valence-electron chi connectivity index (χ2n) is 7.50. The monoisotopic (exact) mass is 416 g/mol. The molecule has 0 radical (unpaired) electrons. The Labute approximate surface area is 181 Å². The number of rotatable bonds is 5. The molecule has 0 aromatic heterocycles. The number of para-hydroxylation sites is 1.